The van der Waals surface area contributed by atoms with Crippen LogP contribution in [0.3, 0.4) is 0 Å². The lowest BCUT2D eigenvalue weighted by atomic mass is 9.85. The Kier molecular flexibility index (Phi) is 5.53. The number of hydrogen-bond donors (Lipinski definition) is 1. The maximum absolute atomic E-state index is 11.4. The Labute approximate surface area is 162 Å². The fraction of sp³-hybridized carbons (Fsp3) is 0.609. The first kappa shape index (κ1) is 18.5. The molecule has 2 aliphatic carbocycles. The maximum Gasteiger partial charge on any atom is 0.407 e. The van der Waals surface area contributed by atoms with Gasteiger partial charge in [-0.15, -0.1) is 0 Å². The van der Waals surface area contributed by atoms with Crippen molar-refractivity contribution < 1.29 is 14.3 Å². The number of rotatable bonds is 6. The van der Waals surface area contributed by atoms with Crippen molar-refractivity contribution in [2.45, 2.75) is 75.9 Å². The van der Waals surface area contributed by atoms with Gasteiger partial charge >= 0.3 is 6.09 Å². The van der Waals surface area contributed by atoms with E-state index >= 15 is 0 Å². The number of carbonyl (C=O) groups excluding carboxylic acids is 1. The largest absolute Gasteiger partial charge is 0.447 e. The molecule has 0 aromatic heterocycles. The van der Waals surface area contributed by atoms with Crippen LogP contribution in [-0.2, 0) is 22.3 Å². The Morgan fingerprint density at radius 2 is 2.22 bits per heavy atom. The first-order chi connectivity index (χ1) is 13.2. The average Bonchev–Trinajstić information content (AvgIpc) is 3.27. The Morgan fingerprint density at radius 1 is 1.30 bits per heavy atom. The Hall–Kier alpha value is -1.81. The topological polar surface area (TPSA) is 47.6 Å². The lowest BCUT2D eigenvalue weighted by Crippen LogP contribution is -2.40. The van der Waals surface area contributed by atoms with Gasteiger partial charge in [0.15, 0.2) is 0 Å². The van der Waals surface area contributed by atoms with E-state index < -0.39 is 0 Å². The molecule has 1 aromatic rings. The molecule has 1 saturated heterocycles. The van der Waals surface area contributed by atoms with Crippen LogP contribution < -0.4 is 5.32 Å². The zero-order valence-electron chi connectivity index (χ0n) is 16.3. The molecule has 4 heteroatoms. The summed E-state index contributed by atoms with van der Waals surface area (Å²) in [7, 11) is 0. The molecule has 27 heavy (non-hydrogen) atoms. The molecule has 1 aliphatic heterocycles. The number of alkyl carbamates (subject to hydrolysis) is 1. The first-order valence-corrected chi connectivity index (χ1v) is 10.5. The summed E-state index contributed by atoms with van der Waals surface area (Å²) >= 11 is 0. The van der Waals surface area contributed by atoms with Crippen LogP contribution in [0.4, 0.5) is 4.79 Å². The minimum Gasteiger partial charge on any atom is -0.447 e. The van der Waals surface area contributed by atoms with E-state index in [4.69, 9.17) is 9.47 Å². The lowest BCUT2D eigenvalue weighted by Gasteiger charge is -2.26. The summed E-state index contributed by atoms with van der Waals surface area (Å²) in [5, 5.41) is 3.05. The number of cyclic esters (lactones) is 1. The number of aryl methyl sites for hydroxylation is 1. The Balaban J connectivity index is 1.34. The maximum atomic E-state index is 11.4. The number of amides is 1. The number of fused-ring (bicyclic) bond motifs is 1. The van der Waals surface area contributed by atoms with Crippen molar-refractivity contribution in [2.75, 3.05) is 13.2 Å². The van der Waals surface area contributed by atoms with Gasteiger partial charge in [0.1, 0.15) is 6.61 Å². The van der Waals surface area contributed by atoms with E-state index in [9.17, 15) is 4.79 Å². The van der Waals surface area contributed by atoms with E-state index in [1.807, 2.05) is 0 Å². The van der Waals surface area contributed by atoms with E-state index in [2.05, 4.69) is 42.6 Å². The fourth-order valence-electron chi connectivity index (χ4n) is 4.83. The van der Waals surface area contributed by atoms with Crippen molar-refractivity contribution in [3.05, 3.63) is 47.0 Å². The highest BCUT2D eigenvalue weighted by molar-refractivity contribution is 5.70. The molecule has 1 N–H and O–H groups in total. The van der Waals surface area contributed by atoms with Crippen molar-refractivity contribution in [2.24, 2.45) is 0 Å². The molecule has 0 radical (unpaired) electrons. The standard InChI is InChI=1S/C23H31NO3/c1-2-3-4-5-12-26-21-9-8-17-13-18(6-7-19(17)14-21)20-10-11-23(15-20)16-27-22(25)24-23/h4-7,13,20-21H,2-3,8-12,14-16H2,1H3,(H,24,25)/b5-4-/t20-,21?,23+/m0/s1. The van der Waals surface area contributed by atoms with Crippen LogP contribution in [0.25, 0.3) is 0 Å². The molecule has 1 aromatic carbocycles. The SMILES string of the molecule is CCC/C=C\COC1CCc2cc([C@H]3CC[C@]4(COC(=O)N4)C3)ccc2C1. The third kappa shape index (κ3) is 4.21. The molecule has 146 valence electrons. The number of ether oxygens (including phenoxy) is 2. The van der Waals surface area contributed by atoms with Gasteiger partial charge in [-0.3, -0.25) is 0 Å². The second kappa shape index (κ2) is 8.05. The van der Waals surface area contributed by atoms with Crippen molar-refractivity contribution in [3.8, 4) is 0 Å². The van der Waals surface area contributed by atoms with Crippen molar-refractivity contribution in [1.82, 2.24) is 5.32 Å². The number of hydrogen-bond acceptors (Lipinski definition) is 3. The van der Waals surface area contributed by atoms with Gasteiger partial charge in [0.05, 0.1) is 18.2 Å². The summed E-state index contributed by atoms with van der Waals surface area (Å²) in [6, 6.07) is 7.01. The number of unbranched alkanes of at least 4 members (excludes halogenated alkanes) is 1. The van der Waals surface area contributed by atoms with E-state index in [-0.39, 0.29) is 11.6 Å². The minimum atomic E-state index is -0.253. The van der Waals surface area contributed by atoms with Crippen molar-refractivity contribution in [1.29, 1.82) is 0 Å². The van der Waals surface area contributed by atoms with E-state index in [0.717, 1.165) is 51.6 Å². The molecule has 1 spiro atoms. The lowest BCUT2D eigenvalue weighted by molar-refractivity contribution is 0.0641. The van der Waals surface area contributed by atoms with Crippen LogP contribution in [-0.4, -0.2) is 30.9 Å². The summed E-state index contributed by atoms with van der Waals surface area (Å²) in [4.78, 5) is 11.4. The zero-order valence-corrected chi connectivity index (χ0v) is 16.3. The van der Waals surface area contributed by atoms with E-state index in [1.54, 1.807) is 0 Å². The quantitative estimate of drug-likeness (QED) is 0.742. The first-order valence-electron chi connectivity index (χ1n) is 10.5. The Bertz CT molecular complexity index is 714. The van der Waals surface area contributed by atoms with Gasteiger partial charge < -0.3 is 14.8 Å². The number of nitrogens with one attached hydrogen (secondary N) is 1. The van der Waals surface area contributed by atoms with E-state index in [1.165, 1.54) is 23.1 Å². The van der Waals surface area contributed by atoms with Gasteiger partial charge in [0.25, 0.3) is 0 Å². The molecule has 4 rings (SSSR count). The number of allylic oxidation sites excluding steroid dienone is 1. The number of carbonyl (C=O) groups is 1. The fourth-order valence-corrected chi connectivity index (χ4v) is 4.83. The highest BCUT2D eigenvalue weighted by Gasteiger charge is 2.46. The molecule has 3 atom stereocenters. The second-order valence-corrected chi connectivity index (χ2v) is 8.41. The molecule has 2 fully saturated rings. The minimum absolute atomic E-state index is 0.123. The van der Waals surface area contributed by atoms with Crippen molar-refractivity contribution in [3.63, 3.8) is 0 Å². The van der Waals surface area contributed by atoms with Crippen LogP contribution in [0.5, 0.6) is 0 Å². The van der Waals surface area contributed by atoms with E-state index in [0.29, 0.717) is 18.6 Å². The molecular formula is C23H31NO3. The Morgan fingerprint density at radius 3 is 3.04 bits per heavy atom. The van der Waals surface area contributed by atoms with Crippen molar-refractivity contribution >= 4 is 6.09 Å². The van der Waals surface area contributed by atoms with Gasteiger partial charge in [-0.25, -0.2) is 4.79 Å². The van der Waals surface area contributed by atoms with Crippen LogP contribution in [0.2, 0.25) is 0 Å². The highest BCUT2D eigenvalue weighted by Crippen LogP contribution is 2.43. The summed E-state index contributed by atoms with van der Waals surface area (Å²) < 4.78 is 11.2. The predicted molar refractivity (Wildman–Crippen MR) is 106 cm³/mol. The molecule has 0 bridgehead atoms. The summed E-state index contributed by atoms with van der Waals surface area (Å²) in [6.07, 6.45) is 13.2. The summed E-state index contributed by atoms with van der Waals surface area (Å²) in [5.74, 6) is 0.523. The molecule has 1 saturated carbocycles. The normalized spacial score (nSPS) is 29.9. The smallest absolute Gasteiger partial charge is 0.407 e. The van der Waals surface area contributed by atoms with Gasteiger partial charge in [0.2, 0.25) is 0 Å². The van der Waals surface area contributed by atoms with Gasteiger partial charge in [-0.2, -0.15) is 0 Å². The number of benzene rings is 1. The van der Waals surface area contributed by atoms with Crippen LogP contribution in [0.15, 0.2) is 30.4 Å². The molecule has 1 amide bonds. The van der Waals surface area contributed by atoms with Gasteiger partial charge in [-0.1, -0.05) is 43.7 Å². The third-order valence-electron chi connectivity index (χ3n) is 6.39. The zero-order chi connectivity index (χ0) is 18.7. The molecule has 3 aliphatic rings. The predicted octanol–water partition coefficient (Wildman–Crippen LogP) is 4.66. The second-order valence-electron chi connectivity index (χ2n) is 8.41. The molecule has 1 unspecified atom stereocenters. The highest BCUT2D eigenvalue weighted by atomic mass is 16.6. The third-order valence-corrected chi connectivity index (χ3v) is 6.39. The molecule has 4 nitrogen and oxygen atoms in total. The van der Waals surface area contributed by atoms with Gasteiger partial charge in [0, 0.05) is 0 Å². The summed E-state index contributed by atoms with van der Waals surface area (Å²) in [5.41, 5.74) is 4.23. The van der Waals surface area contributed by atoms with Crippen LogP contribution >= 0.6 is 0 Å². The molecular weight excluding hydrogens is 338 g/mol. The molecule has 1 heterocycles. The monoisotopic (exact) mass is 369 g/mol. The average molecular weight is 370 g/mol. The van der Waals surface area contributed by atoms with Gasteiger partial charge in [-0.05, 0) is 67.6 Å². The summed E-state index contributed by atoms with van der Waals surface area (Å²) in [6.45, 7) is 3.45. The van der Waals surface area contributed by atoms with Crippen LogP contribution in [0, 0.1) is 0 Å². The van der Waals surface area contributed by atoms with Crippen LogP contribution in [0.1, 0.15) is 68.1 Å².